The number of hydrogen-bond donors (Lipinski definition) is 1. The minimum Gasteiger partial charge on any atom is -0.372 e. The lowest BCUT2D eigenvalue weighted by atomic mass is 9.99. The average molecular weight is 518 g/mol. The lowest BCUT2D eigenvalue weighted by Gasteiger charge is -2.18. The second-order valence-electron chi connectivity index (χ2n) is 9.12. The number of rotatable bonds is 11. The molecule has 0 aliphatic heterocycles. The predicted molar refractivity (Wildman–Crippen MR) is 153 cm³/mol. The molecule has 3 aromatic rings. The van der Waals surface area contributed by atoms with Gasteiger partial charge in [0, 0.05) is 43.8 Å². The standard InChI is InChI=1S/C28H35N7OS/c1-7-9-11-23(27-30-32-33-31-27)19(3)22-15-13-21(14-16-22)18-35-25(12-10-8-2)29-20(4)24(28(35)36)17-26(37)34(5)6/h7,9,11,13-16H,1,8,10,12,17-18H2,2-6H3,(H,30,31,32,33)/b11-9-,23-19-. The minimum atomic E-state index is -0.0167. The van der Waals surface area contributed by atoms with Gasteiger partial charge in [-0.25, -0.2) is 4.98 Å². The van der Waals surface area contributed by atoms with E-state index in [2.05, 4.69) is 34.1 Å². The summed E-state index contributed by atoms with van der Waals surface area (Å²) in [7, 11) is 3.79. The summed E-state index contributed by atoms with van der Waals surface area (Å²) in [6, 6.07) is 8.19. The molecule has 2 heterocycles. The number of hydrogen-bond acceptors (Lipinski definition) is 6. The van der Waals surface area contributed by atoms with E-state index in [9.17, 15) is 4.79 Å². The molecule has 194 valence electrons. The molecule has 0 unspecified atom stereocenters. The van der Waals surface area contributed by atoms with E-state index in [1.165, 1.54) is 0 Å². The molecule has 37 heavy (non-hydrogen) atoms. The second kappa shape index (κ2) is 13.0. The van der Waals surface area contributed by atoms with Crippen LogP contribution < -0.4 is 5.56 Å². The second-order valence-corrected chi connectivity index (χ2v) is 9.59. The number of aromatic nitrogens is 6. The largest absolute Gasteiger partial charge is 0.372 e. The first-order valence-corrected chi connectivity index (χ1v) is 12.8. The molecule has 0 atom stereocenters. The molecule has 0 aliphatic rings. The predicted octanol–water partition coefficient (Wildman–Crippen LogP) is 4.56. The number of allylic oxidation sites excluding steroid dienone is 5. The van der Waals surface area contributed by atoms with Crippen LogP contribution in [0.1, 0.15) is 60.7 Å². The van der Waals surface area contributed by atoms with Crippen molar-refractivity contribution in [1.82, 2.24) is 35.1 Å². The fraction of sp³-hybridized carbons (Fsp3) is 0.357. The summed E-state index contributed by atoms with van der Waals surface area (Å²) in [5.74, 6) is 1.33. The summed E-state index contributed by atoms with van der Waals surface area (Å²) in [5.41, 5.74) is 5.30. The number of benzene rings is 1. The van der Waals surface area contributed by atoms with E-state index in [1.807, 2.05) is 73.8 Å². The van der Waals surface area contributed by atoms with Crippen molar-refractivity contribution in [2.45, 2.75) is 53.0 Å². The third-order valence-electron chi connectivity index (χ3n) is 6.25. The molecule has 0 spiro atoms. The first kappa shape index (κ1) is 27.9. The summed E-state index contributed by atoms with van der Waals surface area (Å²) in [4.78, 5) is 21.1. The molecule has 0 radical (unpaired) electrons. The summed E-state index contributed by atoms with van der Waals surface area (Å²) in [5, 5.41) is 14.5. The highest BCUT2D eigenvalue weighted by Gasteiger charge is 2.17. The highest BCUT2D eigenvalue weighted by molar-refractivity contribution is 7.80. The fourth-order valence-corrected chi connectivity index (χ4v) is 4.11. The quantitative estimate of drug-likeness (QED) is 0.294. The van der Waals surface area contributed by atoms with Gasteiger partial charge in [0.1, 0.15) is 5.82 Å². The number of aryl methyl sites for hydroxylation is 2. The van der Waals surface area contributed by atoms with Crippen LogP contribution in [0.4, 0.5) is 0 Å². The molecule has 3 rings (SSSR count). The normalized spacial score (nSPS) is 12.0. The Morgan fingerprint density at radius 3 is 2.57 bits per heavy atom. The van der Waals surface area contributed by atoms with Gasteiger partial charge in [0.2, 0.25) is 5.82 Å². The van der Waals surface area contributed by atoms with Crippen molar-refractivity contribution in [3.05, 3.63) is 93.5 Å². The zero-order chi connectivity index (χ0) is 26.9. The number of tetrazole rings is 1. The van der Waals surface area contributed by atoms with Crippen LogP contribution in [-0.4, -0.2) is 54.2 Å². The van der Waals surface area contributed by atoms with Crippen molar-refractivity contribution in [2.24, 2.45) is 0 Å². The topological polar surface area (TPSA) is 92.6 Å². The van der Waals surface area contributed by atoms with Crippen molar-refractivity contribution < 1.29 is 0 Å². The van der Waals surface area contributed by atoms with E-state index >= 15 is 0 Å². The Kier molecular flexibility index (Phi) is 9.79. The highest BCUT2D eigenvalue weighted by Crippen LogP contribution is 2.25. The van der Waals surface area contributed by atoms with Crippen LogP contribution in [0.3, 0.4) is 0 Å². The number of aromatic amines is 1. The van der Waals surface area contributed by atoms with Gasteiger partial charge in [-0.3, -0.25) is 9.36 Å². The van der Waals surface area contributed by atoms with Crippen molar-refractivity contribution in [2.75, 3.05) is 14.1 Å². The van der Waals surface area contributed by atoms with E-state index in [4.69, 9.17) is 17.2 Å². The number of nitrogens with zero attached hydrogens (tertiary/aromatic N) is 6. The number of likely N-dealkylation sites (N-methyl/N-ethyl adjacent to an activating group) is 1. The summed E-state index contributed by atoms with van der Waals surface area (Å²) in [6.45, 7) is 10.3. The van der Waals surface area contributed by atoms with Crippen LogP contribution in [0.2, 0.25) is 0 Å². The van der Waals surface area contributed by atoms with E-state index in [0.717, 1.165) is 53.1 Å². The molecule has 8 nitrogen and oxygen atoms in total. The van der Waals surface area contributed by atoms with Gasteiger partial charge in [-0.15, -0.1) is 10.2 Å². The maximum atomic E-state index is 13.6. The Morgan fingerprint density at radius 2 is 1.97 bits per heavy atom. The molecule has 9 heteroatoms. The Hall–Kier alpha value is -3.72. The van der Waals surface area contributed by atoms with Crippen LogP contribution in [0.5, 0.6) is 0 Å². The van der Waals surface area contributed by atoms with Crippen LogP contribution in [0, 0.1) is 6.92 Å². The van der Waals surface area contributed by atoms with E-state index in [-0.39, 0.29) is 5.56 Å². The van der Waals surface area contributed by atoms with Crippen LogP contribution in [-0.2, 0) is 19.4 Å². The molecular weight excluding hydrogens is 482 g/mol. The van der Waals surface area contributed by atoms with E-state index in [0.29, 0.717) is 29.3 Å². The number of unbranched alkanes of at least 4 members (excludes halogenated alkanes) is 1. The summed E-state index contributed by atoms with van der Waals surface area (Å²) in [6.07, 6.45) is 8.64. The van der Waals surface area contributed by atoms with Gasteiger partial charge in [-0.2, -0.15) is 5.21 Å². The summed E-state index contributed by atoms with van der Waals surface area (Å²) >= 11 is 5.49. The SMILES string of the molecule is C=C/C=C\C(=C(/C)c1ccc(Cn2c(CCCC)nc(C)c(CC(=S)N(C)C)c2=O)cc1)c1nn[nH]n1. The third-order valence-corrected chi connectivity index (χ3v) is 6.76. The smallest absolute Gasteiger partial charge is 0.257 e. The lowest BCUT2D eigenvalue weighted by molar-refractivity contribution is 0.610. The van der Waals surface area contributed by atoms with Crippen molar-refractivity contribution >= 4 is 28.4 Å². The molecule has 0 fully saturated rings. The van der Waals surface area contributed by atoms with Crippen LogP contribution >= 0.6 is 12.2 Å². The first-order valence-electron chi connectivity index (χ1n) is 12.4. The van der Waals surface area contributed by atoms with Gasteiger partial charge >= 0.3 is 0 Å². The molecule has 0 saturated carbocycles. The molecule has 0 bridgehead atoms. The number of nitrogens with one attached hydrogen (secondary N) is 1. The molecule has 1 aromatic carbocycles. The van der Waals surface area contributed by atoms with Crippen molar-refractivity contribution in [3.63, 3.8) is 0 Å². The van der Waals surface area contributed by atoms with Crippen molar-refractivity contribution in [3.8, 4) is 0 Å². The lowest BCUT2D eigenvalue weighted by Crippen LogP contribution is -2.33. The molecule has 0 aliphatic carbocycles. The summed E-state index contributed by atoms with van der Waals surface area (Å²) < 4.78 is 1.81. The minimum absolute atomic E-state index is 0.0167. The van der Waals surface area contributed by atoms with Gasteiger partial charge < -0.3 is 4.90 Å². The van der Waals surface area contributed by atoms with Gasteiger partial charge in [-0.05, 0) is 42.2 Å². The van der Waals surface area contributed by atoms with Gasteiger partial charge in [0.25, 0.3) is 5.56 Å². The molecule has 0 saturated heterocycles. The van der Waals surface area contributed by atoms with E-state index in [1.54, 1.807) is 6.08 Å². The molecule has 1 N–H and O–H groups in total. The highest BCUT2D eigenvalue weighted by atomic mass is 32.1. The van der Waals surface area contributed by atoms with Gasteiger partial charge in [0.05, 0.1) is 11.5 Å². The Bertz CT molecular complexity index is 1350. The van der Waals surface area contributed by atoms with Gasteiger partial charge in [0.15, 0.2) is 0 Å². The third kappa shape index (κ3) is 6.95. The van der Waals surface area contributed by atoms with Crippen LogP contribution in [0.25, 0.3) is 11.1 Å². The van der Waals surface area contributed by atoms with Crippen molar-refractivity contribution in [1.29, 1.82) is 0 Å². The Morgan fingerprint density at radius 1 is 1.24 bits per heavy atom. The number of thiocarbonyl (C=S) groups is 1. The average Bonchev–Trinajstić information content (AvgIpc) is 3.42. The Labute approximate surface area is 223 Å². The fourth-order valence-electron chi connectivity index (χ4n) is 3.96. The monoisotopic (exact) mass is 517 g/mol. The van der Waals surface area contributed by atoms with E-state index < -0.39 is 0 Å². The molecule has 0 amide bonds. The Balaban J connectivity index is 1.98. The van der Waals surface area contributed by atoms with Crippen LogP contribution in [0.15, 0.2) is 53.9 Å². The molecular formula is C28H35N7OS. The molecule has 2 aromatic heterocycles. The zero-order valence-electron chi connectivity index (χ0n) is 22.3. The maximum Gasteiger partial charge on any atom is 0.257 e. The number of H-pyrrole nitrogens is 1. The maximum absolute atomic E-state index is 13.6. The van der Waals surface area contributed by atoms with Gasteiger partial charge in [-0.1, -0.05) is 74.6 Å². The zero-order valence-corrected chi connectivity index (χ0v) is 23.1. The first-order chi connectivity index (χ1) is 17.8.